The van der Waals surface area contributed by atoms with Crippen molar-refractivity contribution >= 4 is 11.7 Å². The molecule has 0 bridgehead atoms. The predicted octanol–water partition coefficient (Wildman–Crippen LogP) is 2.19. The van der Waals surface area contributed by atoms with Gasteiger partial charge in [0, 0.05) is 43.5 Å². The maximum atomic E-state index is 12.9. The third kappa shape index (κ3) is 3.05. The number of nitrogens with zero attached hydrogens (tertiary/aromatic N) is 4. The zero-order chi connectivity index (χ0) is 18.2. The maximum Gasteiger partial charge on any atom is 0.274 e. The summed E-state index contributed by atoms with van der Waals surface area (Å²) in [5.41, 5.74) is 2.87. The summed E-state index contributed by atoms with van der Waals surface area (Å²) in [5.74, 6) is 1.80. The molecule has 0 radical (unpaired) electrons. The third-order valence-electron chi connectivity index (χ3n) is 5.89. The number of aromatic nitrogens is 3. The van der Waals surface area contributed by atoms with E-state index in [1.165, 1.54) is 12.8 Å². The number of amides is 1. The average Bonchev–Trinajstić information content (AvgIpc) is 3.45. The van der Waals surface area contributed by atoms with Crippen LogP contribution in [0.15, 0.2) is 18.3 Å². The largest absolute Gasteiger partial charge is 0.485 e. The SMILES string of the molecule is O=C(c1n[nH]c2c1CCC2)N1CCC(Oc2cccnc2N2CCCC2)C1. The molecule has 3 aliphatic rings. The molecule has 2 aliphatic heterocycles. The minimum absolute atomic E-state index is 0.00601. The molecule has 0 spiro atoms. The lowest BCUT2D eigenvalue weighted by atomic mass is 10.2. The molecule has 1 unspecified atom stereocenters. The summed E-state index contributed by atoms with van der Waals surface area (Å²) < 4.78 is 6.28. The van der Waals surface area contributed by atoms with Crippen LogP contribution in [0.3, 0.4) is 0 Å². The molecule has 142 valence electrons. The molecule has 1 N–H and O–H groups in total. The van der Waals surface area contributed by atoms with Gasteiger partial charge in [0.05, 0.1) is 6.54 Å². The molecule has 4 heterocycles. The molecule has 5 rings (SSSR count). The van der Waals surface area contributed by atoms with Crippen molar-refractivity contribution in [3.8, 4) is 5.75 Å². The van der Waals surface area contributed by atoms with Crippen LogP contribution in [0.2, 0.25) is 0 Å². The van der Waals surface area contributed by atoms with Crippen molar-refractivity contribution in [2.75, 3.05) is 31.1 Å². The monoisotopic (exact) mass is 367 g/mol. The van der Waals surface area contributed by atoms with E-state index in [1.54, 1.807) is 0 Å². The van der Waals surface area contributed by atoms with Gasteiger partial charge in [-0.15, -0.1) is 0 Å². The molecule has 2 fully saturated rings. The number of H-pyrrole nitrogens is 1. The first kappa shape index (κ1) is 16.6. The average molecular weight is 367 g/mol. The first-order valence-electron chi connectivity index (χ1n) is 10.0. The fraction of sp³-hybridized carbons (Fsp3) is 0.550. The van der Waals surface area contributed by atoms with Crippen LogP contribution in [-0.2, 0) is 12.8 Å². The molecule has 1 amide bonds. The van der Waals surface area contributed by atoms with Gasteiger partial charge >= 0.3 is 0 Å². The number of nitrogens with one attached hydrogen (secondary N) is 1. The first-order valence-corrected chi connectivity index (χ1v) is 10.0. The number of hydrogen-bond acceptors (Lipinski definition) is 5. The molecule has 2 aromatic heterocycles. The van der Waals surface area contributed by atoms with E-state index in [2.05, 4.69) is 20.1 Å². The van der Waals surface area contributed by atoms with E-state index in [9.17, 15) is 4.79 Å². The van der Waals surface area contributed by atoms with Crippen LogP contribution in [0.4, 0.5) is 5.82 Å². The van der Waals surface area contributed by atoms with E-state index >= 15 is 0 Å². The second-order valence-electron chi connectivity index (χ2n) is 7.68. The van der Waals surface area contributed by atoms with Crippen molar-refractivity contribution in [1.82, 2.24) is 20.1 Å². The summed E-state index contributed by atoms with van der Waals surface area (Å²) in [7, 11) is 0. The number of aromatic amines is 1. The fourth-order valence-electron chi connectivity index (χ4n) is 4.48. The molecule has 27 heavy (non-hydrogen) atoms. The van der Waals surface area contributed by atoms with Gasteiger partial charge in [-0.1, -0.05) is 0 Å². The number of ether oxygens (including phenoxy) is 1. The van der Waals surface area contributed by atoms with Gasteiger partial charge < -0.3 is 14.5 Å². The molecule has 1 atom stereocenters. The highest BCUT2D eigenvalue weighted by atomic mass is 16.5. The Morgan fingerprint density at radius 1 is 1.19 bits per heavy atom. The lowest BCUT2D eigenvalue weighted by Crippen LogP contribution is -2.32. The minimum atomic E-state index is 0.00601. The van der Waals surface area contributed by atoms with Gasteiger partial charge in [0.1, 0.15) is 6.10 Å². The normalized spacial score (nSPS) is 21.7. The number of pyridine rings is 1. The van der Waals surface area contributed by atoms with E-state index in [-0.39, 0.29) is 12.0 Å². The number of aryl methyl sites for hydroxylation is 1. The maximum absolute atomic E-state index is 12.9. The van der Waals surface area contributed by atoms with Crippen molar-refractivity contribution in [1.29, 1.82) is 0 Å². The molecule has 7 heteroatoms. The quantitative estimate of drug-likeness (QED) is 0.897. The van der Waals surface area contributed by atoms with E-state index < -0.39 is 0 Å². The molecule has 7 nitrogen and oxygen atoms in total. The number of carbonyl (C=O) groups is 1. The van der Waals surface area contributed by atoms with E-state index in [0.717, 1.165) is 61.6 Å². The smallest absolute Gasteiger partial charge is 0.274 e. The van der Waals surface area contributed by atoms with Gasteiger partial charge in [0.2, 0.25) is 0 Å². The van der Waals surface area contributed by atoms with Gasteiger partial charge in [-0.05, 0) is 44.2 Å². The standard InChI is InChI=1S/C20H25N5O2/c26-20(18-15-5-3-6-16(15)22-23-18)25-12-8-14(13-25)27-17-7-4-9-21-19(17)24-10-1-2-11-24/h4,7,9,14H,1-3,5-6,8,10-13H2,(H,22,23). The Morgan fingerprint density at radius 2 is 2.07 bits per heavy atom. The minimum Gasteiger partial charge on any atom is -0.485 e. The van der Waals surface area contributed by atoms with Gasteiger partial charge in [0.25, 0.3) is 5.91 Å². The Labute approximate surface area is 158 Å². The van der Waals surface area contributed by atoms with Gasteiger partial charge in [-0.2, -0.15) is 5.10 Å². The number of anilines is 1. The van der Waals surface area contributed by atoms with Crippen molar-refractivity contribution in [3.63, 3.8) is 0 Å². The summed E-state index contributed by atoms with van der Waals surface area (Å²) in [4.78, 5) is 21.6. The summed E-state index contributed by atoms with van der Waals surface area (Å²) >= 11 is 0. The Morgan fingerprint density at radius 3 is 2.96 bits per heavy atom. The van der Waals surface area contributed by atoms with Gasteiger partial charge in [-0.3, -0.25) is 9.89 Å². The van der Waals surface area contributed by atoms with Crippen LogP contribution in [-0.4, -0.2) is 58.3 Å². The van der Waals surface area contributed by atoms with Crippen LogP contribution in [0.25, 0.3) is 0 Å². The van der Waals surface area contributed by atoms with Crippen LogP contribution < -0.4 is 9.64 Å². The highest BCUT2D eigenvalue weighted by molar-refractivity contribution is 5.94. The van der Waals surface area contributed by atoms with Crippen LogP contribution in [0, 0.1) is 0 Å². The summed E-state index contributed by atoms with van der Waals surface area (Å²) in [5, 5.41) is 7.32. The van der Waals surface area contributed by atoms with E-state index in [0.29, 0.717) is 18.8 Å². The molecular formula is C20H25N5O2. The van der Waals surface area contributed by atoms with Crippen molar-refractivity contribution in [2.24, 2.45) is 0 Å². The Bertz CT molecular complexity index is 843. The summed E-state index contributed by atoms with van der Waals surface area (Å²) in [6, 6.07) is 3.91. The van der Waals surface area contributed by atoms with E-state index in [4.69, 9.17) is 4.74 Å². The molecule has 0 saturated carbocycles. The summed E-state index contributed by atoms with van der Waals surface area (Å²) in [6.07, 6.45) is 8.14. The van der Waals surface area contributed by atoms with Crippen molar-refractivity contribution in [2.45, 2.75) is 44.6 Å². The number of likely N-dealkylation sites (tertiary alicyclic amines) is 1. The Kier molecular flexibility index (Phi) is 4.22. The van der Waals surface area contributed by atoms with Crippen LogP contribution >= 0.6 is 0 Å². The zero-order valence-corrected chi connectivity index (χ0v) is 15.5. The molecular weight excluding hydrogens is 342 g/mol. The van der Waals surface area contributed by atoms with Crippen molar-refractivity contribution < 1.29 is 9.53 Å². The molecule has 0 aromatic carbocycles. The topological polar surface area (TPSA) is 74.3 Å². The number of rotatable bonds is 4. The fourth-order valence-corrected chi connectivity index (χ4v) is 4.48. The predicted molar refractivity (Wildman–Crippen MR) is 101 cm³/mol. The Balaban J connectivity index is 1.27. The lowest BCUT2D eigenvalue weighted by molar-refractivity contribution is 0.0765. The molecule has 2 saturated heterocycles. The van der Waals surface area contributed by atoms with Gasteiger partial charge in [0.15, 0.2) is 17.3 Å². The lowest BCUT2D eigenvalue weighted by Gasteiger charge is -2.22. The Hall–Kier alpha value is -2.57. The van der Waals surface area contributed by atoms with E-state index in [1.807, 2.05) is 23.2 Å². The number of carbonyl (C=O) groups excluding carboxylic acids is 1. The second-order valence-corrected chi connectivity index (χ2v) is 7.68. The zero-order valence-electron chi connectivity index (χ0n) is 15.5. The third-order valence-corrected chi connectivity index (χ3v) is 5.89. The highest BCUT2D eigenvalue weighted by Crippen LogP contribution is 2.31. The van der Waals surface area contributed by atoms with Crippen LogP contribution in [0.1, 0.15) is 47.4 Å². The second kappa shape index (κ2) is 6.87. The highest BCUT2D eigenvalue weighted by Gasteiger charge is 2.33. The summed E-state index contributed by atoms with van der Waals surface area (Å²) in [6.45, 7) is 3.39. The number of fused-ring (bicyclic) bond motifs is 1. The van der Waals surface area contributed by atoms with Crippen LogP contribution in [0.5, 0.6) is 5.75 Å². The molecule has 2 aromatic rings. The first-order chi connectivity index (χ1) is 13.3. The van der Waals surface area contributed by atoms with Crippen molar-refractivity contribution in [3.05, 3.63) is 35.3 Å². The molecule has 1 aliphatic carbocycles. The number of hydrogen-bond donors (Lipinski definition) is 1. The van der Waals surface area contributed by atoms with Gasteiger partial charge in [-0.25, -0.2) is 4.98 Å².